The van der Waals surface area contributed by atoms with E-state index in [1.165, 1.54) is 10.7 Å². The smallest absolute Gasteiger partial charge is 0.381 e. The molecule has 3 aromatic rings. The number of hydrogen-bond acceptors (Lipinski definition) is 6. The summed E-state index contributed by atoms with van der Waals surface area (Å²) in [5.41, 5.74) is 0.965. The third-order valence-corrected chi connectivity index (χ3v) is 12.5. The van der Waals surface area contributed by atoms with Crippen molar-refractivity contribution < 1.29 is 31.9 Å². The Morgan fingerprint density at radius 3 is 2.38 bits per heavy atom. The SMILES string of the molecule is CCOCC(C=O)[C@H](CCC(=O)[C@H]([Si]CC(C)C)n1nc(CCN2CCC2)c(C2CC2)cc1=O)c1cc(-c2c(C)cccc2C)cc(C(F)(F)F)c1F. The lowest BCUT2D eigenvalue weighted by atomic mass is 9.80. The van der Waals surface area contributed by atoms with E-state index < -0.39 is 35.1 Å². The molecular formula is C41H51F4N3O4Si. The molecule has 286 valence electrons. The monoisotopic (exact) mass is 753 g/mol. The molecule has 1 unspecified atom stereocenters. The molecule has 2 fully saturated rings. The van der Waals surface area contributed by atoms with E-state index in [9.17, 15) is 27.6 Å². The summed E-state index contributed by atoms with van der Waals surface area (Å²) in [5, 5.41) is 4.86. The molecule has 1 saturated carbocycles. The van der Waals surface area contributed by atoms with Crippen molar-refractivity contribution in [1.82, 2.24) is 14.7 Å². The third-order valence-electron chi connectivity index (χ3n) is 10.4. The highest BCUT2D eigenvalue weighted by Gasteiger charge is 2.39. The molecule has 0 N–H and O–H groups in total. The average Bonchev–Trinajstić information content (AvgIpc) is 3.92. The molecule has 1 saturated heterocycles. The number of aldehydes is 1. The quantitative estimate of drug-likeness (QED) is 0.0700. The summed E-state index contributed by atoms with van der Waals surface area (Å²) in [7, 11) is 0.0223. The van der Waals surface area contributed by atoms with E-state index in [0.717, 1.165) is 56.2 Å². The van der Waals surface area contributed by atoms with Crippen LogP contribution in [0.2, 0.25) is 6.04 Å². The fourth-order valence-corrected chi connectivity index (χ4v) is 8.70. The molecule has 12 heteroatoms. The van der Waals surface area contributed by atoms with E-state index in [-0.39, 0.29) is 64.0 Å². The number of ether oxygens (including phenoxy) is 1. The number of rotatable bonds is 19. The number of ketones is 1. The van der Waals surface area contributed by atoms with Crippen molar-refractivity contribution >= 4 is 21.6 Å². The Labute approximate surface area is 312 Å². The Bertz CT molecular complexity index is 1800. The molecule has 53 heavy (non-hydrogen) atoms. The van der Waals surface area contributed by atoms with Gasteiger partial charge in [0.15, 0.2) is 5.78 Å². The zero-order valence-electron chi connectivity index (χ0n) is 31.4. The molecule has 1 aliphatic carbocycles. The van der Waals surface area contributed by atoms with Crippen LogP contribution in [0.4, 0.5) is 17.6 Å². The third kappa shape index (κ3) is 9.99. The molecule has 0 spiro atoms. The first kappa shape index (κ1) is 40.7. The van der Waals surface area contributed by atoms with E-state index in [1.807, 2.05) is 13.8 Å². The van der Waals surface area contributed by atoms with E-state index in [0.29, 0.717) is 41.4 Å². The van der Waals surface area contributed by atoms with Crippen LogP contribution >= 0.6 is 0 Å². The van der Waals surface area contributed by atoms with Crippen LogP contribution in [0.15, 0.2) is 41.2 Å². The van der Waals surface area contributed by atoms with Gasteiger partial charge in [-0.1, -0.05) is 38.1 Å². The van der Waals surface area contributed by atoms with Crippen LogP contribution in [-0.4, -0.2) is 69.1 Å². The summed E-state index contributed by atoms with van der Waals surface area (Å²) in [5.74, 6) is -3.40. The van der Waals surface area contributed by atoms with Gasteiger partial charge in [-0.2, -0.15) is 18.3 Å². The largest absolute Gasteiger partial charge is 0.419 e. The van der Waals surface area contributed by atoms with E-state index in [1.54, 1.807) is 45.0 Å². The van der Waals surface area contributed by atoms with Gasteiger partial charge in [0.25, 0.3) is 5.56 Å². The summed E-state index contributed by atoms with van der Waals surface area (Å²) in [6.07, 6.45) is -0.949. The van der Waals surface area contributed by atoms with Crippen molar-refractivity contribution in [3.63, 3.8) is 0 Å². The van der Waals surface area contributed by atoms with Gasteiger partial charge in [-0.3, -0.25) is 9.59 Å². The number of hydrogen-bond donors (Lipinski definition) is 0. The van der Waals surface area contributed by atoms with Crippen molar-refractivity contribution in [3.8, 4) is 11.1 Å². The van der Waals surface area contributed by atoms with Gasteiger partial charge in [0.1, 0.15) is 12.1 Å². The topological polar surface area (TPSA) is 81.5 Å². The average molecular weight is 754 g/mol. The Hall–Kier alpha value is -3.48. The molecule has 3 atom stereocenters. The summed E-state index contributed by atoms with van der Waals surface area (Å²) in [4.78, 5) is 42.9. The Kier molecular flexibility index (Phi) is 13.6. The van der Waals surface area contributed by atoms with E-state index in [4.69, 9.17) is 9.84 Å². The molecule has 0 amide bonds. The molecule has 7 nitrogen and oxygen atoms in total. The van der Waals surface area contributed by atoms with Crippen molar-refractivity contribution in [2.45, 2.75) is 103 Å². The lowest BCUT2D eigenvalue weighted by Crippen LogP contribution is -2.40. The van der Waals surface area contributed by atoms with Crippen LogP contribution in [0.5, 0.6) is 0 Å². The number of halogens is 4. The van der Waals surface area contributed by atoms with Crippen LogP contribution in [0.3, 0.4) is 0 Å². The molecule has 2 radical (unpaired) electrons. The van der Waals surface area contributed by atoms with Gasteiger partial charge in [0.05, 0.1) is 33.0 Å². The molecule has 2 aliphatic rings. The zero-order chi connectivity index (χ0) is 38.4. The first-order chi connectivity index (χ1) is 25.2. The normalized spacial score (nSPS) is 16.7. The Morgan fingerprint density at radius 1 is 1.11 bits per heavy atom. The fraction of sp³-hybridized carbons (Fsp3) is 0.561. The number of benzene rings is 2. The van der Waals surface area contributed by atoms with Crippen molar-refractivity contribution in [3.05, 3.63) is 86.1 Å². The highest BCUT2D eigenvalue weighted by Crippen LogP contribution is 2.43. The molecule has 2 aromatic carbocycles. The van der Waals surface area contributed by atoms with Crippen LogP contribution in [0, 0.1) is 31.5 Å². The van der Waals surface area contributed by atoms with Gasteiger partial charge in [-0.25, -0.2) is 9.07 Å². The summed E-state index contributed by atoms with van der Waals surface area (Å²) in [6, 6.07) is 9.86. The highest BCUT2D eigenvalue weighted by atomic mass is 28.2. The maximum Gasteiger partial charge on any atom is 0.419 e. The standard InChI is InChI=1S/C41H51F4N3O4Si/c1-6-52-23-30(22-49)31(33-19-29(20-34(39(33)42)41(43,44)45)38-26(4)9-7-10-27(38)5)13-14-36(50)40(53-24-25(2)3)48-37(51)21-32(28-11-12-28)35(46-48)15-18-47-16-8-17-47/h7,9-10,19-22,25,28,30-31,40H,6,8,11-18,23-24H2,1-5H3/t30?,31-,40-/m0/s1. The predicted octanol–water partition coefficient (Wildman–Crippen LogP) is 8.07. The molecule has 2 heterocycles. The number of carbonyl (C=O) groups is 2. The van der Waals surface area contributed by atoms with Gasteiger partial charge in [0.2, 0.25) is 0 Å². The second kappa shape index (κ2) is 17.8. The van der Waals surface area contributed by atoms with Gasteiger partial charge in [-0.05, 0) is 123 Å². The minimum absolute atomic E-state index is 0.0223. The van der Waals surface area contributed by atoms with Crippen molar-refractivity contribution in [1.29, 1.82) is 0 Å². The molecule has 0 bridgehead atoms. The first-order valence-corrected chi connectivity index (χ1v) is 20.1. The van der Waals surface area contributed by atoms with Crippen LogP contribution in [-0.2, 0) is 26.9 Å². The summed E-state index contributed by atoms with van der Waals surface area (Å²) >= 11 is 0. The lowest BCUT2D eigenvalue weighted by Gasteiger charge is -2.30. The number of aryl methyl sites for hydroxylation is 2. The lowest BCUT2D eigenvalue weighted by molar-refractivity contribution is -0.140. The number of alkyl halides is 3. The zero-order valence-corrected chi connectivity index (χ0v) is 32.4. The highest BCUT2D eigenvalue weighted by molar-refractivity contribution is 6.43. The molecular weight excluding hydrogens is 703 g/mol. The fourth-order valence-electron chi connectivity index (χ4n) is 7.28. The molecule has 1 aliphatic heterocycles. The predicted molar refractivity (Wildman–Crippen MR) is 199 cm³/mol. The van der Waals surface area contributed by atoms with Crippen molar-refractivity contribution in [2.24, 2.45) is 11.8 Å². The minimum Gasteiger partial charge on any atom is -0.381 e. The van der Waals surface area contributed by atoms with Gasteiger partial charge in [-0.15, -0.1) is 0 Å². The summed E-state index contributed by atoms with van der Waals surface area (Å²) in [6.45, 7) is 12.3. The number of aromatic nitrogens is 2. The van der Waals surface area contributed by atoms with Crippen LogP contribution in [0.1, 0.15) is 104 Å². The maximum atomic E-state index is 16.2. The maximum absolute atomic E-state index is 16.2. The second-order valence-electron chi connectivity index (χ2n) is 15.0. The van der Waals surface area contributed by atoms with Gasteiger partial charge < -0.3 is 14.4 Å². The van der Waals surface area contributed by atoms with Crippen LogP contribution < -0.4 is 5.56 Å². The Morgan fingerprint density at radius 2 is 1.81 bits per heavy atom. The summed E-state index contributed by atoms with van der Waals surface area (Å²) < 4.78 is 66.6. The van der Waals surface area contributed by atoms with Crippen molar-refractivity contribution in [2.75, 3.05) is 32.8 Å². The van der Waals surface area contributed by atoms with Gasteiger partial charge in [0, 0.05) is 38.0 Å². The molecule has 1 aromatic heterocycles. The first-order valence-electron chi connectivity index (χ1n) is 18.8. The second-order valence-corrected chi connectivity index (χ2v) is 16.4. The number of likely N-dealkylation sites (tertiary alicyclic amines) is 1. The molecule has 5 rings (SSSR count). The van der Waals surface area contributed by atoms with E-state index in [2.05, 4.69) is 4.90 Å². The minimum atomic E-state index is -5.02. The number of nitrogens with zero attached hydrogens (tertiary/aromatic N) is 3. The Balaban J connectivity index is 1.54. The number of Topliss-reactive ketones (excluding diaryl/α,β-unsaturated/α-hetero) is 1. The van der Waals surface area contributed by atoms with Gasteiger partial charge >= 0.3 is 6.18 Å². The van der Waals surface area contributed by atoms with Crippen LogP contribution in [0.25, 0.3) is 11.1 Å². The van der Waals surface area contributed by atoms with E-state index >= 15 is 4.39 Å². The number of carbonyl (C=O) groups excluding carboxylic acids is 2.